The summed E-state index contributed by atoms with van der Waals surface area (Å²) in [5.74, 6) is -0.684. The molecule has 1 aliphatic rings. The number of hydrogen-bond donors (Lipinski definition) is 1. The van der Waals surface area contributed by atoms with E-state index in [2.05, 4.69) is 0 Å². The van der Waals surface area contributed by atoms with Crippen molar-refractivity contribution in [2.24, 2.45) is 5.92 Å². The fourth-order valence-corrected chi connectivity index (χ4v) is 2.84. The van der Waals surface area contributed by atoms with E-state index in [0.29, 0.717) is 18.5 Å². The zero-order chi connectivity index (χ0) is 14.7. The van der Waals surface area contributed by atoms with E-state index in [-0.39, 0.29) is 11.6 Å². The van der Waals surface area contributed by atoms with E-state index in [1.807, 2.05) is 11.8 Å². The molecule has 0 saturated carbocycles. The van der Waals surface area contributed by atoms with E-state index in [1.165, 1.54) is 6.07 Å². The van der Waals surface area contributed by atoms with Gasteiger partial charge in [-0.25, -0.2) is 0 Å². The molecule has 0 aromatic heterocycles. The third kappa shape index (κ3) is 2.96. The molecule has 0 radical (unpaired) electrons. The zero-order valence-electron chi connectivity index (χ0n) is 11.4. The number of benzene rings is 1. The van der Waals surface area contributed by atoms with Crippen molar-refractivity contribution >= 4 is 11.7 Å². The number of carbonyl (C=O) groups is 1. The van der Waals surface area contributed by atoms with Crippen molar-refractivity contribution in [3.8, 4) is 0 Å². The predicted octanol–water partition coefficient (Wildman–Crippen LogP) is 1.93. The van der Waals surface area contributed by atoms with Crippen LogP contribution in [0.5, 0.6) is 0 Å². The summed E-state index contributed by atoms with van der Waals surface area (Å²) in [5.41, 5.74) is 0.757. The van der Waals surface area contributed by atoms with Gasteiger partial charge in [-0.15, -0.1) is 0 Å². The Kier molecular flexibility index (Phi) is 4.34. The van der Waals surface area contributed by atoms with Crippen LogP contribution >= 0.6 is 0 Å². The Balaban J connectivity index is 2.06. The molecule has 2 unspecified atom stereocenters. The minimum atomic E-state index is -0.808. The highest BCUT2D eigenvalue weighted by Gasteiger charge is 2.36. The van der Waals surface area contributed by atoms with Crippen molar-refractivity contribution in [2.45, 2.75) is 25.8 Å². The summed E-state index contributed by atoms with van der Waals surface area (Å²) >= 11 is 0. The van der Waals surface area contributed by atoms with Crippen LogP contribution in [0.2, 0.25) is 0 Å². The SMILES string of the molecule is CC1CCN(CCc2ccccc2[N+](=O)[O-])C1C(=O)O. The first-order valence-electron chi connectivity index (χ1n) is 6.70. The van der Waals surface area contributed by atoms with Crippen LogP contribution in [0.3, 0.4) is 0 Å². The lowest BCUT2D eigenvalue weighted by molar-refractivity contribution is -0.385. The molecule has 1 fully saturated rings. The highest BCUT2D eigenvalue weighted by Crippen LogP contribution is 2.25. The number of para-hydroxylation sites is 1. The molecule has 108 valence electrons. The van der Waals surface area contributed by atoms with Gasteiger partial charge in [0.15, 0.2) is 0 Å². The first-order valence-corrected chi connectivity index (χ1v) is 6.70. The summed E-state index contributed by atoms with van der Waals surface area (Å²) in [6, 6.07) is 6.14. The molecule has 1 aromatic carbocycles. The summed E-state index contributed by atoms with van der Waals surface area (Å²) in [7, 11) is 0. The highest BCUT2D eigenvalue weighted by atomic mass is 16.6. The van der Waals surface area contributed by atoms with Crippen molar-refractivity contribution in [2.75, 3.05) is 13.1 Å². The van der Waals surface area contributed by atoms with Gasteiger partial charge in [0.1, 0.15) is 6.04 Å². The Bertz CT molecular complexity index is 518. The Morgan fingerprint density at radius 2 is 2.20 bits per heavy atom. The molecule has 6 heteroatoms. The molecule has 0 amide bonds. The van der Waals surface area contributed by atoms with Crippen molar-refractivity contribution < 1.29 is 14.8 Å². The third-order valence-corrected chi connectivity index (χ3v) is 3.91. The molecule has 1 N–H and O–H groups in total. The van der Waals surface area contributed by atoms with Crippen LogP contribution in [0, 0.1) is 16.0 Å². The number of nitro groups is 1. The normalized spacial score (nSPS) is 22.9. The summed E-state index contributed by atoms with van der Waals surface area (Å²) in [6.45, 7) is 3.20. The lowest BCUT2D eigenvalue weighted by atomic mass is 10.0. The van der Waals surface area contributed by atoms with Gasteiger partial charge in [-0.2, -0.15) is 0 Å². The second kappa shape index (κ2) is 6.00. The van der Waals surface area contributed by atoms with Gasteiger partial charge < -0.3 is 5.11 Å². The fourth-order valence-electron chi connectivity index (χ4n) is 2.84. The van der Waals surface area contributed by atoms with E-state index < -0.39 is 16.9 Å². The molecule has 1 aromatic rings. The summed E-state index contributed by atoms with van der Waals surface area (Å²) in [4.78, 5) is 23.7. The van der Waals surface area contributed by atoms with Crippen molar-refractivity contribution in [1.29, 1.82) is 0 Å². The van der Waals surface area contributed by atoms with Crippen LogP contribution in [-0.4, -0.2) is 40.0 Å². The Labute approximate surface area is 117 Å². The molecule has 20 heavy (non-hydrogen) atoms. The minimum absolute atomic E-state index is 0.103. The molecule has 1 saturated heterocycles. The average Bonchev–Trinajstić information content (AvgIpc) is 2.77. The van der Waals surface area contributed by atoms with Crippen molar-refractivity contribution in [1.82, 2.24) is 4.90 Å². The van der Waals surface area contributed by atoms with Gasteiger partial charge in [-0.05, 0) is 25.3 Å². The molecular formula is C14H18N2O4. The number of aliphatic carboxylic acids is 1. The van der Waals surface area contributed by atoms with Gasteiger partial charge in [0.05, 0.1) is 4.92 Å². The van der Waals surface area contributed by atoms with Gasteiger partial charge >= 0.3 is 5.97 Å². The number of nitro benzene ring substituents is 1. The Hall–Kier alpha value is -1.95. The minimum Gasteiger partial charge on any atom is -0.480 e. The van der Waals surface area contributed by atoms with Crippen LogP contribution in [0.15, 0.2) is 24.3 Å². The van der Waals surface area contributed by atoms with Crippen LogP contribution in [0.25, 0.3) is 0 Å². The number of hydrogen-bond acceptors (Lipinski definition) is 4. The number of likely N-dealkylation sites (tertiary alicyclic amines) is 1. The first kappa shape index (κ1) is 14.5. The largest absolute Gasteiger partial charge is 0.480 e. The monoisotopic (exact) mass is 278 g/mol. The number of carboxylic acids is 1. The van der Waals surface area contributed by atoms with E-state index in [1.54, 1.807) is 18.2 Å². The van der Waals surface area contributed by atoms with Gasteiger partial charge in [0.25, 0.3) is 5.69 Å². The fraction of sp³-hybridized carbons (Fsp3) is 0.500. The highest BCUT2D eigenvalue weighted by molar-refractivity contribution is 5.74. The predicted molar refractivity (Wildman–Crippen MR) is 73.6 cm³/mol. The third-order valence-electron chi connectivity index (χ3n) is 3.91. The molecule has 1 aliphatic heterocycles. The number of carboxylic acid groups (broad SMARTS) is 1. The maximum Gasteiger partial charge on any atom is 0.321 e. The second-order valence-electron chi connectivity index (χ2n) is 5.22. The van der Waals surface area contributed by atoms with Crippen molar-refractivity contribution in [3.05, 3.63) is 39.9 Å². The molecular weight excluding hydrogens is 260 g/mol. The van der Waals surface area contributed by atoms with Crippen molar-refractivity contribution in [3.63, 3.8) is 0 Å². The Morgan fingerprint density at radius 3 is 2.85 bits per heavy atom. The molecule has 0 spiro atoms. The van der Waals surface area contributed by atoms with Gasteiger partial charge in [0, 0.05) is 18.2 Å². The number of rotatable bonds is 5. The quantitative estimate of drug-likeness (QED) is 0.657. The maximum atomic E-state index is 11.3. The summed E-state index contributed by atoms with van der Waals surface area (Å²) < 4.78 is 0. The summed E-state index contributed by atoms with van der Waals surface area (Å²) in [5, 5.41) is 20.2. The smallest absolute Gasteiger partial charge is 0.321 e. The molecule has 2 rings (SSSR count). The van der Waals surface area contributed by atoms with Crippen LogP contribution in [-0.2, 0) is 11.2 Å². The van der Waals surface area contributed by atoms with E-state index in [0.717, 1.165) is 13.0 Å². The van der Waals surface area contributed by atoms with E-state index >= 15 is 0 Å². The summed E-state index contributed by atoms with van der Waals surface area (Å²) in [6.07, 6.45) is 1.35. The Morgan fingerprint density at radius 1 is 1.50 bits per heavy atom. The lowest BCUT2D eigenvalue weighted by Gasteiger charge is -2.22. The van der Waals surface area contributed by atoms with Crippen LogP contribution in [0.1, 0.15) is 18.9 Å². The maximum absolute atomic E-state index is 11.3. The van der Waals surface area contributed by atoms with Gasteiger partial charge in [-0.1, -0.05) is 25.1 Å². The average molecular weight is 278 g/mol. The zero-order valence-corrected chi connectivity index (χ0v) is 11.4. The molecule has 0 bridgehead atoms. The van der Waals surface area contributed by atoms with Crippen LogP contribution < -0.4 is 0 Å². The topological polar surface area (TPSA) is 83.7 Å². The number of nitrogens with zero attached hydrogens (tertiary/aromatic N) is 2. The molecule has 1 heterocycles. The van der Waals surface area contributed by atoms with E-state index in [4.69, 9.17) is 0 Å². The van der Waals surface area contributed by atoms with E-state index in [9.17, 15) is 20.0 Å². The lowest BCUT2D eigenvalue weighted by Crippen LogP contribution is -2.40. The van der Waals surface area contributed by atoms with Crippen LogP contribution in [0.4, 0.5) is 5.69 Å². The standard InChI is InChI=1S/C14H18N2O4/c1-10-6-8-15(13(10)14(17)18)9-7-11-4-2-3-5-12(11)16(19)20/h2-5,10,13H,6-9H2,1H3,(H,17,18). The molecule has 0 aliphatic carbocycles. The first-order chi connectivity index (χ1) is 9.50. The van der Waals surface area contributed by atoms with Gasteiger partial charge in [-0.3, -0.25) is 19.8 Å². The molecule has 6 nitrogen and oxygen atoms in total. The van der Waals surface area contributed by atoms with Gasteiger partial charge in [0.2, 0.25) is 0 Å². The second-order valence-corrected chi connectivity index (χ2v) is 5.22. The molecule has 2 atom stereocenters.